The fourth-order valence-electron chi connectivity index (χ4n) is 1.65. The summed E-state index contributed by atoms with van der Waals surface area (Å²) in [5, 5.41) is 15.8. The Bertz CT molecular complexity index is 366. The van der Waals surface area contributed by atoms with Crippen LogP contribution in [-0.2, 0) is 11.3 Å². The molecule has 4 nitrogen and oxygen atoms in total. The predicted molar refractivity (Wildman–Crippen MR) is 76.6 cm³/mol. The van der Waals surface area contributed by atoms with Gasteiger partial charge in [-0.1, -0.05) is 44.2 Å². The summed E-state index contributed by atoms with van der Waals surface area (Å²) in [5.74, 6) is 0.0257. The van der Waals surface area contributed by atoms with Crippen LogP contribution in [-0.4, -0.2) is 30.2 Å². The monoisotopic (exact) mass is 264 g/mol. The molecule has 1 aromatic rings. The van der Waals surface area contributed by atoms with E-state index in [-0.39, 0.29) is 11.8 Å². The third-order valence-electron chi connectivity index (χ3n) is 2.85. The van der Waals surface area contributed by atoms with E-state index in [4.69, 9.17) is 0 Å². The number of carbonyl (C=O) groups is 1. The smallest absolute Gasteiger partial charge is 0.222 e. The predicted octanol–water partition coefficient (Wildman–Crippen LogP) is 1.30. The van der Waals surface area contributed by atoms with E-state index in [1.165, 1.54) is 5.56 Å². The Hall–Kier alpha value is -1.39. The molecule has 0 heterocycles. The summed E-state index contributed by atoms with van der Waals surface area (Å²) in [5.41, 5.74) is 1.20. The van der Waals surface area contributed by atoms with Crippen molar-refractivity contribution in [2.45, 2.75) is 32.9 Å². The molecule has 0 saturated heterocycles. The highest BCUT2D eigenvalue weighted by Crippen LogP contribution is 1.98. The minimum absolute atomic E-state index is 0.00616. The highest BCUT2D eigenvalue weighted by atomic mass is 16.3. The fraction of sp³-hybridized carbons (Fsp3) is 0.533. The van der Waals surface area contributed by atoms with Crippen molar-refractivity contribution >= 4 is 5.91 Å². The average molecular weight is 264 g/mol. The van der Waals surface area contributed by atoms with E-state index in [0.717, 1.165) is 6.54 Å². The van der Waals surface area contributed by atoms with Crippen molar-refractivity contribution in [3.05, 3.63) is 35.9 Å². The van der Waals surface area contributed by atoms with Crippen LogP contribution in [0, 0.1) is 5.92 Å². The van der Waals surface area contributed by atoms with Gasteiger partial charge in [0.2, 0.25) is 5.91 Å². The first-order chi connectivity index (χ1) is 9.09. The number of carbonyl (C=O) groups excluding carboxylic acids is 1. The maximum absolute atomic E-state index is 11.3. The maximum Gasteiger partial charge on any atom is 0.222 e. The van der Waals surface area contributed by atoms with Crippen molar-refractivity contribution < 1.29 is 9.90 Å². The Morgan fingerprint density at radius 1 is 1.26 bits per heavy atom. The van der Waals surface area contributed by atoms with E-state index in [1.807, 2.05) is 44.2 Å². The molecule has 0 aliphatic rings. The van der Waals surface area contributed by atoms with E-state index in [0.29, 0.717) is 19.5 Å². The Morgan fingerprint density at radius 2 is 1.95 bits per heavy atom. The number of aliphatic hydroxyl groups is 1. The number of rotatable bonds is 8. The van der Waals surface area contributed by atoms with Crippen LogP contribution >= 0.6 is 0 Å². The first-order valence-corrected chi connectivity index (χ1v) is 6.80. The Morgan fingerprint density at radius 3 is 2.58 bits per heavy atom. The van der Waals surface area contributed by atoms with Gasteiger partial charge in [-0.25, -0.2) is 0 Å². The molecule has 1 aromatic carbocycles. The third-order valence-corrected chi connectivity index (χ3v) is 2.85. The van der Waals surface area contributed by atoms with Crippen LogP contribution in [0.4, 0.5) is 0 Å². The minimum Gasteiger partial charge on any atom is -0.392 e. The molecule has 1 amide bonds. The molecule has 0 saturated carbocycles. The lowest BCUT2D eigenvalue weighted by atomic mass is 10.2. The first kappa shape index (κ1) is 15.7. The summed E-state index contributed by atoms with van der Waals surface area (Å²) in [6.45, 7) is 5.51. The van der Waals surface area contributed by atoms with Crippen molar-refractivity contribution in [1.82, 2.24) is 10.6 Å². The SMILES string of the molecule is CC(C)C(=O)NCCC(O)CNCc1ccccc1. The van der Waals surface area contributed by atoms with Gasteiger partial charge in [-0.3, -0.25) is 4.79 Å². The van der Waals surface area contributed by atoms with Crippen molar-refractivity contribution in [3.8, 4) is 0 Å². The molecule has 0 aliphatic carbocycles. The zero-order valence-electron chi connectivity index (χ0n) is 11.7. The highest BCUT2D eigenvalue weighted by Gasteiger charge is 2.08. The summed E-state index contributed by atoms with van der Waals surface area (Å²) in [6.07, 6.45) is 0.136. The molecular weight excluding hydrogens is 240 g/mol. The molecule has 19 heavy (non-hydrogen) atoms. The lowest BCUT2D eigenvalue weighted by molar-refractivity contribution is -0.124. The normalized spacial score (nSPS) is 12.4. The topological polar surface area (TPSA) is 61.4 Å². The summed E-state index contributed by atoms with van der Waals surface area (Å²) in [6, 6.07) is 10.1. The van der Waals surface area contributed by atoms with Gasteiger partial charge in [0, 0.05) is 25.6 Å². The molecule has 1 rings (SSSR count). The van der Waals surface area contributed by atoms with Gasteiger partial charge in [0.1, 0.15) is 0 Å². The minimum atomic E-state index is -0.434. The number of aliphatic hydroxyl groups excluding tert-OH is 1. The van der Waals surface area contributed by atoms with Crippen molar-refractivity contribution in [2.75, 3.05) is 13.1 Å². The molecule has 4 heteroatoms. The van der Waals surface area contributed by atoms with Gasteiger partial charge < -0.3 is 15.7 Å². The second-order valence-electron chi connectivity index (χ2n) is 5.00. The molecule has 1 atom stereocenters. The number of hydrogen-bond acceptors (Lipinski definition) is 3. The highest BCUT2D eigenvalue weighted by molar-refractivity contribution is 5.77. The second kappa shape index (κ2) is 8.67. The standard InChI is InChI=1S/C15H24N2O2/c1-12(2)15(19)17-9-8-14(18)11-16-10-13-6-4-3-5-7-13/h3-7,12,14,16,18H,8-11H2,1-2H3,(H,17,19). The molecule has 0 radical (unpaired) electrons. The quantitative estimate of drug-likeness (QED) is 0.663. The molecule has 106 valence electrons. The van der Waals surface area contributed by atoms with Crippen LogP contribution < -0.4 is 10.6 Å². The van der Waals surface area contributed by atoms with E-state index in [1.54, 1.807) is 0 Å². The van der Waals surface area contributed by atoms with E-state index in [2.05, 4.69) is 10.6 Å². The largest absolute Gasteiger partial charge is 0.392 e. The summed E-state index contributed by atoms with van der Waals surface area (Å²) in [7, 11) is 0. The molecule has 0 bridgehead atoms. The van der Waals surface area contributed by atoms with Crippen LogP contribution in [0.1, 0.15) is 25.8 Å². The van der Waals surface area contributed by atoms with E-state index in [9.17, 15) is 9.90 Å². The van der Waals surface area contributed by atoms with Gasteiger partial charge in [-0.2, -0.15) is 0 Å². The molecule has 0 fully saturated rings. The van der Waals surface area contributed by atoms with Gasteiger partial charge >= 0.3 is 0 Å². The van der Waals surface area contributed by atoms with Crippen LogP contribution in [0.5, 0.6) is 0 Å². The zero-order valence-corrected chi connectivity index (χ0v) is 11.7. The van der Waals surface area contributed by atoms with Gasteiger partial charge in [0.15, 0.2) is 0 Å². The fourth-order valence-corrected chi connectivity index (χ4v) is 1.65. The van der Waals surface area contributed by atoms with Gasteiger partial charge in [0.25, 0.3) is 0 Å². The van der Waals surface area contributed by atoms with E-state index >= 15 is 0 Å². The lowest BCUT2D eigenvalue weighted by Gasteiger charge is -2.13. The lowest BCUT2D eigenvalue weighted by Crippen LogP contribution is -2.33. The molecule has 0 spiro atoms. The molecule has 3 N–H and O–H groups in total. The van der Waals surface area contributed by atoms with E-state index < -0.39 is 6.10 Å². The zero-order chi connectivity index (χ0) is 14.1. The van der Waals surface area contributed by atoms with Crippen molar-refractivity contribution in [2.24, 2.45) is 5.92 Å². The molecule has 0 aliphatic heterocycles. The van der Waals surface area contributed by atoms with Crippen molar-refractivity contribution in [3.63, 3.8) is 0 Å². The third kappa shape index (κ3) is 6.94. The molecule has 0 aromatic heterocycles. The van der Waals surface area contributed by atoms with Crippen LogP contribution in [0.3, 0.4) is 0 Å². The molecular formula is C15H24N2O2. The van der Waals surface area contributed by atoms with Crippen LogP contribution in [0.15, 0.2) is 30.3 Å². The second-order valence-corrected chi connectivity index (χ2v) is 5.00. The number of hydrogen-bond donors (Lipinski definition) is 3. The summed E-state index contributed by atoms with van der Waals surface area (Å²) in [4.78, 5) is 11.3. The number of nitrogens with one attached hydrogen (secondary N) is 2. The Balaban J connectivity index is 2.08. The Labute approximate surface area is 115 Å². The first-order valence-electron chi connectivity index (χ1n) is 6.80. The average Bonchev–Trinajstić information content (AvgIpc) is 2.39. The van der Waals surface area contributed by atoms with Gasteiger partial charge in [-0.15, -0.1) is 0 Å². The summed E-state index contributed by atoms with van der Waals surface area (Å²) < 4.78 is 0. The van der Waals surface area contributed by atoms with Gasteiger partial charge in [0.05, 0.1) is 6.10 Å². The van der Waals surface area contributed by atoms with Crippen molar-refractivity contribution in [1.29, 1.82) is 0 Å². The number of benzene rings is 1. The number of amides is 1. The van der Waals surface area contributed by atoms with Crippen LogP contribution in [0.2, 0.25) is 0 Å². The Kier molecular flexibility index (Phi) is 7.15. The van der Waals surface area contributed by atoms with Gasteiger partial charge in [-0.05, 0) is 12.0 Å². The maximum atomic E-state index is 11.3. The summed E-state index contributed by atoms with van der Waals surface area (Å²) >= 11 is 0. The molecule has 1 unspecified atom stereocenters. The van der Waals surface area contributed by atoms with Crippen LogP contribution in [0.25, 0.3) is 0 Å².